The normalized spacial score (nSPS) is 15.0. The van der Waals surface area contributed by atoms with Crippen LogP contribution in [0.1, 0.15) is 30.5 Å². The number of hydrogen-bond acceptors (Lipinski definition) is 4. The highest BCUT2D eigenvalue weighted by Crippen LogP contribution is 2.19. The molecule has 6 heteroatoms. The molecule has 26 heavy (non-hydrogen) atoms. The SMILES string of the molecule is Cc1ccc(-c2nc(CCNC(=O)NCCN3CCCCC3)co2)cc1. The Balaban J connectivity index is 1.34. The summed E-state index contributed by atoms with van der Waals surface area (Å²) in [6.07, 6.45) is 6.18. The van der Waals surface area contributed by atoms with Crippen molar-refractivity contribution in [1.29, 1.82) is 0 Å². The van der Waals surface area contributed by atoms with Crippen LogP contribution in [0.25, 0.3) is 11.5 Å². The maximum atomic E-state index is 11.8. The third-order valence-electron chi connectivity index (χ3n) is 4.68. The van der Waals surface area contributed by atoms with Crippen molar-refractivity contribution < 1.29 is 9.21 Å². The van der Waals surface area contributed by atoms with Gasteiger partial charge in [0.05, 0.1) is 5.69 Å². The van der Waals surface area contributed by atoms with Crippen LogP contribution in [-0.2, 0) is 6.42 Å². The minimum atomic E-state index is -0.121. The van der Waals surface area contributed by atoms with Gasteiger partial charge in [0.15, 0.2) is 0 Å². The Morgan fingerprint density at radius 3 is 2.62 bits per heavy atom. The predicted molar refractivity (Wildman–Crippen MR) is 102 cm³/mol. The number of likely N-dealkylation sites (tertiary alicyclic amines) is 1. The molecule has 0 unspecified atom stereocenters. The lowest BCUT2D eigenvalue weighted by molar-refractivity contribution is 0.220. The molecule has 0 saturated carbocycles. The zero-order valence-corrected chi connectivity index (χ0v) is 15.5. The number of nitrogens with one attached hydrogen (secondary N) is 2. The van der Waals surface area contributed by atoms with Gasteiger partial charge in [0, 0.05) is 31.6 Å². The third kappa shape index (κ3) is 5.59. The van der Waals surface area contributed by atoms with Crippen LogP contribution >= 0.6 is 0 Å². The smallest absolute Gasteiger partial charge is 0.314 e. The van der Waals surface area contributed by atoms with E-state index in [1.807, 2.05) is 31.2 Å². The summed E-state index contributed by atoms with van der Waals surface area (Å²) in [6, 6.07) is 7.95. The van der Waals surface area contributed by atoms with Crippen molar-refractivity contribution in [1.82, 2.24) is 20.5 Å². The van der Waals surface area contributed by atoms with Gasteiger partial charge in [-0.05, 0) is 45.0 Å². The van der Waals surface area contributed by atoms with Crippen molar-refractivity contribution in [2.24, 2.45) is 0 Å². The third-order valence-corrected chi connectivity index (χ3v) is 4.68. The Morgan fingerprint density at radius 1 is 1.12 bits per heavy atom. The highest BCUT2D eigenvalue weighted by Gasteiger charge is 2.10. The number of oxazole rings is 1. The van der Waals surface area contributed by atoms with Crippen molar-refractivity contribution in [3.63, 3.8) is 0 Å². The van der Waals surface area contributed by atoms with E-state index in [1.165, 1.54) is 24.8 Å². The predicted octanol–water partition coefficient (Wildman–Crippen LogP) is 2.98. The average Bonchev–Trinajstić information content (AvgIpc) is 3.12. The second-order valence-electron chi connectivity index (χ2n) is 6.84. The Hall–Kier alpha value is -2.34. The van der Waals surface area contributed by atoms with Gasteiger partial charge in [0.25, 0.3) is 0 Å². The summed E-state index contributed by atoms with van der Waals surface area (Å²) in [7, 11) is 0. The number of carbonyl (C=O) groups is 1. The quantitative estimate of drug-likeness (QED) is 0.800. The van der Waals surface area contributed by atoms with Crippen LogP contribution in [0.15, 0.2) is 34.9 Å². The maximum Gasteiger partial charge on any atom is 0.314 e. The van der Waals surface area contributed by atoms with Gasteiger partial charge in [0.2, 0.25) is 5.89 Å². The molecule has 1 aliphatic rings. The van der Waals surface area contributed by atoms with Gasteiger partial charge >= 0.3 is 6.03 Å². The average molecular weight is 356 g/mol. The monoisotopic (exact) mass is 356 g/mol. The van der Waals surface area contributed by atoms with Gasteiger partial charge in [-0.15, -0.1) is 0 Å². The minimum absolute atomic E-state index is 0.121. The van der Waals surface area contributed by atoms with Crippen LogP contribution in [-0.4, -0.2) is 48.6 Å². The van der Waals surface area contributed by atoms with Crippen molar-refractivity contribution in [3.05, 3.63) is 41.8 Å². The fourth-order valence-corrected chi connectivity index (χ4v) is 3.13. The van der Waals surface area contributed by atoms with Gasteiger partial charge in [-0.1, -0.05) is 24.1 Å². The highest BCUT2D eigenvalue weighted by molar-refractivity contribution is 5.73. The van der Waals surface area contributed by atoms with E-state index < -0.39 is 0 Å². The second-order valence-corrected chi connectivity index (χ2v) is 6.84. The maximum absolute atomic E-state index is 11.8. The highest BCUT2D eigenvalue weighted by atomic mass is 16.3. The summed E-state index contributed by atoms with van der Waals surface area (Å²) < 4.78 is 5.54. The molecule has 3 rings (SSSR count). The molecule has 6 nitrogen and oxygen atoms in total. The molecule has 0 spiro atoms. The molecule has 1 saturated heterocycles. The molecular weight excluding hydrogens is 328 g/mol. The van der Waals surface area contributed by atoms with Crippen LogP contribution in [0, 0.1) is 6.92 Å². The summed E-state index contributed by atoms with van der Waals surface area (Å²) in [6.45, 7) is 6.50. The molecule has 0 radical (unpaired) electrons. The van der Waals surface area contributed by atoms with Crippen molar-refractivity contribution in [2.75, 3.05) is 32.7 Å². The van der Waals surface area contributed by atoms with Gasteiger partial charge in [-0.25, -0.2) is 9.78 Å². The number of hydrogen-bond donors (Lipinski definition) is 2. The molecule has 0 bridgehead atoms. The Kier molecular flexibility index (Phi) is 6.66. The first-order valence-electron chi connectivity index (χ1n) is 9.46. The largest absolute Gasteiger partial charge is 0.444 e. The lowest BCUT2D eigenvalue weighted by Gasteiger charge is -2.26. The van der Waals surface area contributed by atoms with Crippen LogP contribution < -0.4 is 10.6 Å². The Labute approximate surface area is 155 Å². The van der Waals surface area contributed by atoms with Crippen LogP contribution in [0.3, 0.4) is 0 Å². The number of amides is 2. The Bertz CT molecular complexity index is 690. The van der Waals surface area contributed by atoms with Gasteiger partial charge in [0.1, 0.15) is 6.26 Å². The molecule has 2 heterocycles. The molecule has 1 aliphatic heterocycles. The fourth-order valence-electron chi connectivity index (χ4n) is 3.13. The standard InChI is InChI=1S/C20H28N4O2/c1-16-5-7-17(8-6-16)19-23-18(15-26-19)9-10-21-20(25)22-11-14-24-12-3-2-4-13-24/h5-8,15H,2-4,9-14H2,1H3,(H2,21,22,25). The number of nitrogens with zero attached hydrogens (tertiary/aromatic N) is 2. The minimum Gasteiger partial charge on any atom is -0.444 e. The first-order valence-corrected chi connectivity index (χ1v) is 9.46. The van der Waals surface area contributed by atoms with E-state index in [-0.39, 0.29) is 6.03 Å². The molecular formula is C20H28N4O2. The van der Waals surface area contributed by atoms with Crippen LogP contribution in [0.5, 0.6) is 0 Å². The first-order chi connectivity index (χ1) is 12.7. The molecule has 2 N–H and O–H groups in total. The Morgan fingerprint density at radius 2 is 1.85 bits per heavy atom. The lowest BCUT2D eigenvalue weighted by Crippen LogP contribution is -2.42. The van der Waals surface area contributed by atoms with E-state index in [9.17, 15) is 4.79 Å². The molecule has 0 aliphatic carbocycles. The number of rotatable bonds is 7. The van der Waals surface area contributed by atoms with E-state index in [4.69, 9.17) is 4.42 Å². The lowest BCUT2D eigenvalue weighted by atomic mass is 10.1. The van der Waals surface area contributed by atoms with Gasteiger partial charge in [-0.2, -0.15) is 0 Å². The topological polar surface area (TPSA) is 70.4 Å². The zero-order chi connectivity index (χ0) is 18.2. The summed E-state index contributed by atoms with van der Waals surface area (Å²) in [5.74, 6) is 0.617. The summed E-state index contributed by atoms with van der Waals surface area (Å²) in [4.78, 5) is 18.7. The first kappa shape index (κ1) is 18.5. The zero-order valence-electron chi connectivity index (χ0n) is 15.5. The molecule has 2 amide bonds. The molecule has 140 valence electrons. The van der Waals surface area contributed by atoms with Crippen molar-refractivity contribution in [2.45, 2.75) is 32.6 Å². The number of piperidine rings is 1. The molecule has 1 aromatic carbocycles. The van der Waals surface area contributed by atoms with Crippen molar-refractivity contribution >= 4 is 6.03 Å². The fraction of sp³-hybridized carbons (Fsp3) is 0.500. The summed E-state index contributed by atoms with van der Waals surface area (Å²) >= 11 is 0. The summed E-state index contributed by atoms with van der Waals surface area (Å²) in [5, 5.41) is 5.79. The molecule has 1 aromatic heterocycles. The van der Waals surface area contributed by atoms with E-state index in [1.54, 1.807) is 6.26 Å². The number of aromatic nitrogens is 1. The van der Waals surface area contributed by atoms with E-state index in [2.05, 4.69) is 20.5 Å². The van der Waals surface area contributed by atoms with Gasteiger partial charge < -0.3 is 20.0 Å². The molecule has 2 aromatic rings. The van der Waals surface area contributed by atoms with Crippen molar-refractivity contribution in [3.8, 4) is 11.5 Å². The van der Waals surface area contributed by atoms with Gasteiger partial charge in [-0.3, -0.25) is 0 Å². The molecule has 1 fully saturated rings. The molecule has 0 atom stereocenters. The summed E-state index contributed by atoms with van der Waals surface area (Å²) in [5.41, 5.74) is 3.01. The number of benzene rings is 1. The van der Waals surface area contributed by atoms with E-state index in [0.717, 1.165) is 30.9 Å². The van der Waals surface area contributed by atoms with Crippen LogP contribution in [0.4, 0.5) is 4.79 Å². The number of urea groups is 1. The van der Waals surface area contributed by atoms with E-state index >= 15 is 0 Å². The number of aryl methyl sites for hydroxylation is 1. The number of carbonyl (C=O) groups excluding carboxylic acids is 1. The van der Waals surface area contributed by atoms with Crippen LogP contribution in [0.2, 0.25) is 0 Å². The second kappa shape index (κ2) is 9.38. The van der Waals surface area contributed by atoms with E-state index in [0.29, 0.717) is 25.4 Å².